The summed E-state index contributed by atoms with van der Waals surface area (Å²) in [6.07, 6.45) is 0. The van der Waals surface area contributed by atoms with Crippen LogP contribution in [0.2, 0.25) is 0 Å². The molecule has 30 valence electrons. The third-order valence-corrected chi connectivity index (χ3v) is 0. The molecule has 0 unspecified atom stereocenters. The van der Waals surface area contributed by atoms with E-state index >= 15 is 0 Å². The zero-order chi connectivity index (χ0) is 4.71. The van der Waals surface area contributed by atoms with Crippen LogP contribution in [-0.4, -0.2) is 26.2 Å². The summed E-state index contributed by atoms with van der Waals surface area (Å²) in [7, 11) is 0. The summed E-state index contributed by atoms with van der Waals surface area (Å²) in [5.74, 6) is 0. The van der Waals surface area contributed by atoms with Crippen molar-refractivity contribution in [1.29, 1.82) is 0 Å². The summed E-state index contributed by atoms with van der Waals surface area (Å²) in [6.45, 7) is 0. The molecule has 4 heteroatoms. The number of hydrogen-bond acceptors (Lipinski definition) is 2. The second-order valence-electron chi connectivity index (χ2n) is 0.0816. The van der Waals surface area contributed by atoms with Crippen molar-refractivity contribution in [3.05, 3.63) is 4.91 Å². The minimum absolute atomic E-state index is 1.25. The molecule has 0 aliphatic heterocycles. The molecule has 0 rings (SSSR count). The standard InChI is InChI=1S/CH2Se.HNO2/c1-2;2-1-3/h1H2;(H,2,3). The van der Waals surface area contributed by atoms with Crippen molar-refractivity contribution in [1.82, 2.24) is 0 Å². The molecule has 0 aromatic rings. The monoisotopic (exact) mass is 141 g/mol. The van der Waals surface area contributed by atoms with E-state index < -0.39 is 0 Å². The summed E-state index contributed by atoms with van der Waals surface area (Å²) < 4.78 is 0. The predicted octanol–water partition coefficient (Wildman–Crippen LogP) is -0.271. The first-order chi connectivity index (χ1) is 2.41. The molecule has 0 heterocycles. The molecule has 0 amide bonds. The van der Waals surface area contributed by atoms with Crippen LogP contribution in [0.4, 0.5) is 0 Å². The van der Waals surface area contributed by atoms with Gasteiger partial charge in [0.25, 0.3) is 0 Å². The van der Waals surface area contributed by atoms with E-state index in [9.17, 15) is 0 Å². The van der Waals surface area contributed by atoms with Gasteiger partial charge in [0.1, 0.15) is 0 Å². The smallest absolute Gasteiger partial charge is 0.152 e. The Kier molecular flexibility index (Phi) is 83.6. The van der Waals surface area contributed by atoms with E-state index in [1.807, 2.05) is 0 Å². The van der Waals surface area contributed by atoms with Gasteiger partial charge >= 0.3 is 21.0 Å². The summed E-state index contributed by atoms with van der Waals surface area (Å²) >= 11 is 2.38. The Bertz CT molecular complexity index is 23.6. The van der Waals surface area contributed by atoms with Crippen LogP contribution < -0.4 is 0 Å². The number of hydrogen-bond donors (Lipinski definition) is 1. The van der Waals surface area contributed by atoms with E-state index in [0.717, 1.165) is 0 Å². The first-order valence-corrected chi connectivity index (χ1v) is 1.88. The van der Waals surface area contributed by atoms with Gasteiger partial charge in [-0.1, -0.05) is 0 Å². The summed E-state index contributed by atoms with van der Waals surface area (Å²) in [6, 6.07) is 0. The van der Waals surface area contributed by atoms with Gasteiger partial charge in [-0.25, -0.2) is 0 Å². The molecule has 0 atom stereocenters. The molecule has 0 spiro atoms. The summed E-state index contributed by atoms with van der Waals surface area (Å²) in [5, 5.41) is 7.89. The van der Waals surface area contributed by atoms with Crippen LogP contribution in [0.25, 0.3) is 0 Å². The van der Waals surface area contributed by atoms with Gasteiger partial charge in [0, 0.05) is 0 Å². The Morgan fingerprint density at radius 3 is 1.80 bits per heavy atom. The van der Waals surface area contributed by atoms with Gasteiger partial charge < -0.3 is 5.21 Å². The minimum atomic E-state index is 1.25. The van der Waals surface area contributed by atoms with E-state index in [1.165, 1.54) is 5.34 Å². The summed E-state index contributed by atoms with van der Waals surface area (Å²) in [4.78, 5) is 8.11. The van der Waals surface area contributed by atoms with Crippen molar-refractivity contribution < 1.29 is 5.21 Å². The first kappa shape index (κ1) is 8.84. The molecule has 0 aromatic carbocycles. The molecular weight excluding hydrogens is 137 g/mol. The molecule has 0 aliphatic rings. The van der Waals surface area contributed by atoms with Gasteiger partial charge in [-0.05, 0) is 0 Å². The third kappa shape index (κ3) is 274. The number of rotatable bonds is 0. The molecule has 0 aromatic heterocycles. The SMILES string of the molecule is C=[Se].O=NO. The molecule has 0 saturated heterocycles. The largest absolute Gasteiger partial charge is 0.379 e. The zero-order valence-corrected chi connectivity index (χ0v) is 4.13. The van der Waals surface area contributed by atoms with E-state index in [1.54, 1.807) is 0 Å². The fourth-order valence-electron chi connectivity index (χ4n) is 0. The molecular formula is CH3NO2Se. The van der Waals surface area contributed by atoms with Crippen molar-refractivity contribution >= 4 is 21.0 Å². The maximum atomic E-state index is 8.11. The zero-order valence-electron chi connectivity index (χ0n) is 2.42. The van der Waals surface area contributed by atoms with Crippen LogP contribution in [-0.2, 0) is 0 Å². The second-order valence-corrected chi connectivity index (χ2v) is 0.0816. The van der Waals surface area contributed by atoms with Crippen molar-refractivity contribution in [3.8, 4) is 0 Å². The quantitative estimate of drug-likeness (QED) is 0.286. The minimum Gasteiger partial charge on any atom is -0.379 e. The average Bonchev–Trinajstić information content (AvgIpc) is 1.46. The molecule has 0 fully saturated rings. The molecule has 5 heavy (non-hydrogen) atoms. The molecule has 1 N–H and O–H groups in total. The molecule has 0 aliphatic carbocycles. The third-order valence-electron chi connectivity index (χ3n) is 0. The van der Waals surface area contributed by atoms with E-state index in [-0.39, 0.29) is 0 Å². The Labute approximate surface area is 37.3 Å². The fourth-order valence-corrected chi connectivity index (χ4v) is 0. The van der Waals surface area contributed by atoms with Crippen molar-refractivity contribution in [2.45, 2.75) is 0 Å². The Hall–Kier alpha value is -0.211. The number of nitrogens with zero attached hydrogens (tertiary/aromatic N) is 1. The van der Waals surface area contributed by atoms with E-state index in [4.69, 9.17) is 10.1 Å². The van der Waals surface area contributed by atoms with Crippen molar-refractivity contribution in [2.75, 3.05) is 0 Å². The van der Waals surface area contributed by atoms with Gasteiger partial charge in [-0.15, -0.1) is 4.91 Å². The second kappa shape index (κ2) is 47.3. The van der Waals surface area contributed by atoms with Gasteiger partial charge in [-0.2, -0.15) is 0 Å². The molecule has 0 radical (unpaired) electrons. The van der Waals surface area contributed by atoms with Crippen molar-refractivity contribution in [3.63, 3.8) is 0 Å². The summed E-state index contributed by atoms with van der Waals surface area (Å²) in [5.41, 5.74) is 3.12. The maximum absolute atomic E-state index is 8.11. The van der Waals surface area contributed by atoms with Gasteiger partial charge in [0.15, 0.2) is 5.34 Å². The van der Waals surface area contributed by atoms with Crippen LogP contribution in [0.1, 0.15) is 0 Å². The molecule has 3 nitrogen and oxygen atoms in total. The van der Waals surface area contributed by atoms with Gasteiger partial charge in [0.2, 0.25) is 0 Å². The molecule has 0 saturated carbocycles. The van der Waals surface area contributed by atoms with Crippen LogP contribution in [0.15, 0.2) is 5.34 Å². The predicted molar refractivity (Wildman–Crippen MR) is 20.5 cm³/mol. The Morgan fingerprint density at radius 1 is 1.80 bits per heavy atom. The molecule has 0 bridgehead atoms. The van der Waals surface area contributed by atoms with E-state index in [2.05, 4.69) is 21.0 Å². The van der Waals surface area contributed by atoms with Gasteiger partial charge in [-0.3, -0.25) is 0 Å². The van der Waals surface area contributed by atoms with Crippen LogP contribution in [0.5, 0.6) is 0 Å². The van der Waals surface area contributed by atoms with Crippen LogP contribution in [0.3, 0.4) is 0 Å². The average molecular weight is 140 g/mol. The van der Waals surface area contributed by atoms with Crippen LogP contribution >= 0.6 is 0 Å². The van der Waals surface area contributed by atoms with Crippen LogP contribution in [0, 0.1) is 4.91 Å². The first-order valence-electron chi connectivity index (χ1n) is 0.671. The maximum Gasteiger partial charge on any atom is 0.152 e. The van der Waals surface area contributed by atoms with E-state index in [0.29, 0.717) is 0 Å². The normalized spacial score (nSPS) is 3.20. The van der Waals surface area contributed by atoms with Gasteiger partial charge in [0.05, 0.1) is 0 Å². The topological polar surface area (TPSA) is 49.7 Å². The fraction of sp³-hybridized carbons (Fsp3) is 0. The Balaban J connectivity index is 0. The van der Waals surface area contributed by atoms with Crippen molar-refractivity contribution in [2.24, 2.45) is 5.34 Å². The Morgan fingerprint density at radius 2 is 1.80 bits per heavy atom.